The number of nitrogens with zero attached hydrogens (tertiary/aromatic N) is 1. The zero-order valence-corrected chi connectivity index (χ0v) is 17.1. The van der Waals surface area contributed by atoms with E-state index in [9.17, 15) is 13.2 Å². The van der Waals surface area contributed by atoms with Crippen LogP contribution in [0.15, 0.2) is 94.7 Å². The maximum atomic E-state index is 13.8. The first-order valence-electron chi connectivity index (χ1n) is 9.39. The van der Waals surface area contributed by atoms with Gasteiger partial charge in [0.25, 0.3) is 0 Å². The highest BCUT2D eigenvalue weighted by molar-refractivity contribution is 7.91. The molecule has 0 atom stereocenters. The van der Waals surface area contributed by atoms with Gasteiger partial charge in [0.15, 0.2) is 0 Å². The van der Waals surface area contributed by atoms with Crippen LogP contribution in [0.25, 0.3) is 22.0 Å². The van der Waals surface area contributed by atoms with Gasteiger partial charge in [0.1, 0.15) is 11.5 Å². The van der Waals surface area contributed by atoms with Crippen molar-refractivity contribution in [3.63, 3.8) is 0 Å². The molecule has 4 rings (SSSR count). The van der Waals surface area contributed by atoms with Gasteiger partial charge in [-0.25, -0.2) is 13.4 Å². The van der Waals surface area contributed by atoms with Crippen LogP contribution in [0.2, 0.25) is 0 Å². The Morgan fingerprint density at radius 3 is 2.13 bits per heavy atom. The molecule has 4 aromatic rings. The van der Waals surface area contributed by atoms with E-state index >= 15 is 0 Å². The molecule has 3 aromatic carbocycles. The Bertz CT molecular complexity index is 1320. The Kier molecular flexibility index (Phi) is 5.33. The van der Waals surface area contributed by atoms with Gasteiger partial charge in [-0.05, 0) is 23.8 Å². The predicted octanol–water partition coefficient (Wildman–Crippen LogP) is 4.80. The number of pyridine rings is 1. The maximum absolute atomic E-state index is 13.8. The first kappa shape index (κ1) is 19.8. The first-order valence-corrected chi connectivity index (χ1v) is 10.9. The van der Waals surface area contributed by atoms with E-state index in [0.717, 1.165) is 5.56 Å². The summed E-state index contributed by atoms with van der Waals surface area (Å²) in [5.41, 5.74) is 2.12. The minimum atomic E-state index is -3.94. The number of esters is 1. The maximum Gasteiger partial charge on any atom is 0.303 e. The normalized spacial score (nSPS) is 11.4. The zero-order chi connectivity index (χ0) is 21.1. The summed E-state index contributed by atoms with van der Waals surface area (Å²) in [6.45, 7) is 1.05. The number of sulfone groups is 1. The summed E-state index contributed by atoms with van der Waals surface area (Å²) in [6.07, 6.45) is 0. The average Bonchev–Trinajstić information content (AvgIpc) is 2.77. The van der Waals surface area contributed by atoms with Crippen LogP contribution in [0.5, 0.6) is 0 Å². The van der Waals surface area contributed by atoms with Gasteiger partial charge in [-0.3, -0.25) is 4.79 Å². The van der Waals surface area contributed by atoms with Crippen LogP contribution in [0.4, 0.5) is 0 Å². The number of aromatic nitrogens is 1. The van der Waals surface area contributed by atoms with Crippen LogP contribution in [-0.2, 0) is 26.0 Å². The van der Waals surface area contributed by atoms with Crippen molar-refractivity contribution in [2.45, 2.75) is 23.3 Å². The van der Waals surface area contributed by atoms with Crippen LogP contribution in [0.3, 0.4) is 0 Å². The Hall–Kier alpha value is -3.51. The number of ether oxygens (including phenoxy) is 1. The molecule has 0 unspecified atom stereocenters. The molecule has 30 heavy (non-hydrogen) atoms. The van der Waals surface area contributed by atoms with Crippen LogP contribution in [-0.4, -0.2) is 19.4 Å². The van der Waals surface area contributed by atoms with E-state index in [0.29, 0.717) is 16.5 Å². The van der Waals surface area contributed by atoms with E-state index < -0.39 is 15.8 Å². The molecule has 0 radical (unpaired) electrons. The molecule has 150 valence electrons. The van der Waals surface area contributed by atoms with Crippen LogP contribution < -0.4 is 0 Å². The predicted molar refractivity (Wildman–Crippen MR) is 115 cm³/mol. The molecule has 0 spiro atoms. The Labute approximate surface area is 174 Å². The lowest BCUT2D eigenvalue weighted by Gasteiger charge is -2.18. The van der Waals surface area contributed by atoms with Gasteiger partial charge in [0.05, 0.1) is 16.1 Å². The number of fused-ring (bicyclic) bond motifs is 1. The van der Waals surface area contributed by atoms with Gasteiger partial charge in [-0.15, -0.1) is 0 Å². The lowest BCUT2D eigenvalue weighted by atomic mass is 10.00. The molecule has 0 aliphatic carbocycles. The topological polar surface area (TPSA) is 73.3 Å². The summed E-state index contributed by atoms with van der Waals surface area (Å²) in [5.74, 6) is -0.505. The van der Waals surface area contributed by atoms with E-state index in [2.05, 4.69) is 4.98 Å². The van der Waals surface area contributed by atoms with Gasteiger partial charge in [0.2, 0.25) is 9.84 Å². The average molecular weight is 417 g/mol. The van der Waals surface area contributed by atoms with E-state index in [1.807, 2.05) is 54.6 Å². The smallest absolute Gasteiger partial charge is 0.303 e. The number of carbonyl (C=O) groups excluding carboxylic acids is 1. The molecule has 0 N–H and O–H groups in total. The molecule has 0 fully saturated rings. The summed E-state index contributed by atoms with van der Waals surface area (Å²) in [7, 11) is -3.94. The van der Waals surface area contributed by atoms with Crippen molar-refractivity contribution in [2.75, 3.05) is 0 Å². The Morgan fingerprint density at radius 1 is 0.867 bits per heavy atom. The second-order valence-corrected chi connectivity index (χ2v) is 8.63. The lowest BCUT2D eigenvalue weighted by Crippen LogP contribution is -2.12. The van der Waals surface area contributed by atoms with E-state index in [1.54, 1.807) is 30.3 Å². The minimum absolute atomic E-state index is 0.0554. The number of para-hydroxylation sites is 1. The van der Waals surface area contributed by atoms with Crippen LogP contribution >= 0.6 is 0 Å². The molecule has 0 amide bonds. The summed E-state index contributed by atoms with van der Waals surface area (Å²) in [5, 5.41) is 0.713. The monoisotopic (exact) mass is 417 g/mol. The van der Waals surface area contributed by atoms with Crippen LogP contribution in [0, 0.1) is 0 Å². The van der Waals surface area contributed by atoms with Gasteiger partial charge >= 0.3 is 5.97 Å². The minimum Gasteiger partial charge on any atom is -0.459 e. The fraction of sp³-hybridized carbons (Fsp3) is 0.0833. The third-order valence-corrected chi connectivity index (χ3v) is 6.58. The highest BCUT2D eigenvalue weighted by Gasteiger charge is 2.29. The number of hydrogen-bond acceptors (Lipinski definition) is 5. The molecule has 5 nitrogen and oxygen atoms in total. The molecule has 6 heteroatoms. The summed E-state index contributed by atoms with van der Waals surface area (Å²) >= 11 is 0. The molecule has 0 bridgehead atoms. The number of hydrogen-bond donors (Lipinski definition) is 0. The van der Waals surface area contributed by atoms with Crippen molar-refractivity contribution in [3.05, 3.63) is 90.6 Å². The van der Waals surface area contributed by atoms with E-state index in [-0.39, 0.29) is 22.1 Å². The quantitative estimate of drug-likeness (QED) is 0.436. The van der Waals surface area contributed by atoms with Gasteiger partial charge < -0.3 is 4.74 Å². The molecule has 0 saturated carbocycles. The summed E-state index contributed by atoms with van der Waals surface area (Å²) in [6, 6.07) is 24.9. The SMILES string of the molecule is CC(=O)OCc1nc2ccccc2c(-c2ccccc2)c1S(=O)(=O)c1ccccc1. The molecular weight excluding hydrogens is 398 g/mol. The van der Waals surface area contributed by atoms with Gasteiger partial charge in [-0.1, -0.05) is 66.7 Å². The third kappa shape index (κ3) is 3.69. The molecule has 1 heterocycles. The van der Waals surface area contributed by atoms with Crippen LogP contribution in [0.1, 0.15) is 12.6 Å². The highest BCUT2D eigenvalue weighted by atomic mass is 32.2. The fourth-order valence-electron chi connectivity index (χ4n) is 3.41. The molecular formula is C24H19NO4S. The standard InChI is InChI=1S/C24H19NO4S/c1-17(26)29-16-22-24(30(27,28)19-12-6-3-7-13-19)23(18-10-4-2-5-11-18)20-14-8-9-15-21(20)25-22/h2-15H,16H2,1H3. The number of rotatable bonds is 5. The van der Waals surface area contributed by atoms with Crippen molar-refractivity contribution in [3.8, 4) is 11.1 Å². The molecule has 0 aliphatic rings. The van der Waals surface area contributed by atoms with Crippen molar-refractivity contribution in [1.82, 2.24) is 4.98 Å². The summed E-state index contributed by atoms with van der Waals surface area (Å²) in [4.78, 5) is 16.2. The largest absolute Gasteiger partial charge is 0.459 e. The summed E-state index contributed by atoms with van der Waals surface area (Å²) < 4.78 is 32.7. The lowest BCUT2D eigenvalue weighted by molar-refractivity contribution is -0.142. The first-order chi connectivity index (χ1) is 14.5. The number of carbonyl (C=O) groups is 1. The zero-order valence-electron chi connectivity index (χ0n) is 16.3. The Morgan fingerprint density at radius 2 is 1.47 bits per heavy atom. The molecule has 1 aromatic heterocycles. The third-order valence-electron chi connectivity index (χ3n) is 4.71. The van der Waals surface area contributed by atoms with Gasteiger partial charge in [0, 0.05) is 17.9 Å². The van der Waals surface area contributed by atoms with Crippen molar-refractivity contribution < 1.29 is 17.9 Å². The van der Waals surface area contributed by atoms with E-state index in [1.165, 1.54) is 6.92 Å². The van der Waals surface area contributed by atoms with Gasteiger partial charge in [-0.2, -0.15) is 0 Å². The Balaban J connectivity index is 2.12. The van der Waals surface area contributed by atoms with Crippen molar-refractivity contribution in [2.24, 2.45) is 0 Å². The molecule has 0 saturated heterocycles. The number of benzene rings is 3. The van der Waals surface area contributed by atoms with E-state index in [4.69, 9.17) is 4.74 Å². The highest BCUT2D eigenvalue weighted by Crippen LogP contribution is 2.38. The fourth-order valence-corrected chi connectivity index (χ4v) is 5.07. The molecule has 0 aliphatic heterocycles. The second kappa shape index (κ2) is 8.08. The van der Waals surface area contributed by atoms with Crippen molar-refractivity contribution >= 4 is 26.7 Å². The second-order valence-electron chi connectivity index (χ2n) is 6.74. The van der Waals surface area contributed by atoms with Crippen molar-refractivity contribution in [1.29, 1.82) is 0 Å².